The highest BCUT2D eigenvalue weighted by atomic mass is 19.4. The molecule has 2 aliphatic carbocycles. The van der Waals surface area contributed by atoms with E-state index in [2.05, 4.69) is 38.8 Å². The molecule has 28 heavy (non-hydrogen) atoms. The van der Waals surface area contributed by atoms with Gasteiger partial charge in [-0.05, 0) is 37.5 Å². The fourth-order valence-electron chi connectivity index (χ4n) is 2.18. The van der Waals surface area contributed by atoms with Crippen LogP contribution in [0.15, 0.2) is 49.1 Å². The number of carbonyl (C=O) groups is 3. The minimum absolute atomic E-state index is 0.176. The quantitative estimate of drug-likeness (QED) is 0.476. The summed E-state index contributed by atoms with van der Waals surface area (Å²) in [7, 11) is 0. The van der Waals surface area contributed by atoms with Gasteiger partial charge in [-0.2, -0.15) is 13.2 Å². The van der Waals surface area contributed by atoms with E-state index in [1.54, 1.807) is 0 Å². The fourth-order valence-corrected chi connectivity index (χ4v) is 2.18. The van der Waals surface area contributed by atoms with E-state index in [1.165, 1.54) is 19.8 Å². The Labute approximate surface area is 161 Å². The van der Waals surface area contributed by atoms with Gasteiger partial charge in [-0.3, -0.25) is 0 Å². The molecule has 6 nitrogen and oxygen atoms in total. The van der Waals surface area contributed by atoms with Gasteiger partial charge in [-0.15, -0.1) is 0 Å². The predicted molar refractivity (Wildman–Crippen MR) is 97.6 cm³/mol. The number of hydrogen-bond acceptors (Lipinski definition) is 3. The van der Waals surface area contributed by atoms with Crippen molar-refractivity contribution in [1.82, 2.24) is 0 Å². The third kappa shape index (κ3) is 12.5. The number of hydrogen-bond donors (Lipinski definition) is 3. The van der Waals surface area contributed by atoms with Crippen molar-refractivity contribution in [3.8, 4) is 0 Å². The van der Waals surface area contributed by atoms with Gasteiger partial charge in [0.15, 0.2) is 0 Å². The minimum Gasteiger partial charge on any atom is -0.478 e. The SMILES string of the molecule is C=C(C(=O)O)C(F)(F)F.C=C(C)C(=O)O.C=CC(=O)O.CC1CC2C=CC1C2. The summed E-state index contributed by atoms with van der Waals surface area (Å²) in [5, 5.41) is 23.2. The third-order valence-corrected chi connectivity index (χ3v) is 3.75. The van der Waals surface area contributed by atoms with Crippen LogP contribution in [0.2, 0.25) is 0 Å². The van der Waals surface area contributed by atoms with E-state index < -0.39 is 29.7 Å². The Balaban J connectivity index is 0. The fraction of sp³-hybridized carbons (Fsp3) is 0.421. The van der Waals surface area contributed by atoms with Gasteiger partial charge in [-0.1, -0.05) is 38.8 Å². The summed E-state index contributed by atoms with van der Waals surface area (Å²) in [6.45, 7) is 12.2. The van der Waals surface area contributed by atoms with Gasteiger partial charge >= 0.3 is 24.1 Å². The van der Waals surface area contributed by atoms with Crippen LogP contribution < -0.4 is 0 Å². The molecule has 0 heterocycles. The first-order valence-corrected chi connectivity index (χ1v) is 8.05. The average molecular weight is 406 g/mol. The van der Waals surface area contributed by atoms with Gasteiger partial charge in [0.05, 0.1) is 0 Å². The van der Waals surface area contributed by atoms with Crippen LogP contribution in [0.5, 0.6) is 0 Å². The summed E-state index contributed by atoms with van der Waals surface area (Å²) in [5.74, 6) is -1.04. The largest absolute Gasteiger partial charge is 0.478 e. The molecule has 0 saturated heterocycles. The lowest BCUT2D eigenvalue weighted by molar-refractivity contribution is -0.144. The van der Waals surface area contributed by atoms with Crippen LogP contribution in [0, 0.1) is 17.8 Å². The zero-order valence-corrected chi connectivity index (χ0v) is 15.7. The summed E-state index contributed by atoms with van der Waals surface area (Å²) in [4.78, 5) is 28.4. The standard InChI is InChI=1S/C8H12.C4H3F3O2.C4H6O2.C3H4O2/c1-6-4-7-2-3-8(6)5-7;1-2(3(8)9)4(5,6)7;1-3(2)4(5)6;1-2-3(4)5/h2-3,6-8H,4-5H2,1H3;1H2,(H,8,9);1H2,2H3,(H,5,6);2H,1H2,(H,4,5). The van der Waals surface area contributed by atoms with Crippen molar-refractivity contribution in [2.45, 2.75) is 32.9 Å². The average Bonchev–Trinajstić information content (AvgIpc) is 3.16. The molecule has 0 radical (unpaired) electrons. The molecule has 0 aromatic heterocycles. The molecule has 1 saturated carbocycles. The molecule has 0 aromatic rings. The maximum atomic E-state index is 11.2. The van der Waals surface area contributed by atoms with Gasteiger partial charge in [0.1, 0.15) is 5.57 Å². The summed E-state index contributed by atoms with van der Waals surface area (Å²) in [6, 6.07) is 0. The molecule has 0 spiro atoms. The van der Waals surface area contributed by atoms with Crippen LogP contribution in [0.3, 0.4) is 0 Å². The van der Waals surface area contributed by atoms with Crippen LogP contribution in [0.4, 0.5) is 13.2 Å². The molecule has 0 aliphatic heterocycles. The molecular formula is C19H25F3O6. The molecular weight excluding hydrogens is 381 g/mol. The van der Waals surface area contributed by atoms with Gasteiger partial charge in [0.25, 0.3) is 0 Å². The number of halogens is 3. The van der Waals surface area contributed by atoms with Crippen LogP contribution in [0.1, 0.15) is 26.7 Å². The van der Waals surface area contributed by atoms with Crippen molar-refractivity contribution in [3.63, 3.8) is 0 Å². The van der Waals surface area contributed by atoms with Gasteiger partial charge < -0.3 is 15.3 Å². The van der Waals surface area contributed by atoms with E-state index >= 15 is 0 Å². The van der Waals surface area contributed by atoms with Crippen LogP contribution in [0.25, 0.3) is 0 Å². The smallest absolute Gasteiger partial charge is 0.422 e. The monoisotopic (exact) mass is 406 g/mol. The Morgan fingerprint density at radius 1 is 1.04 bits per heavy atom. The van der Waals surface area contributed by atoms with Gasteiger partial charge in [0, 0.05) is 11.6 Å². The molecule has 0 aromatic carbocycles. The Kier molecular flexibility index (Phi) is 12.3. The Bertz CT molecular complexity index is 622. The molecule has 3 atom stereocenters. The molecule has 0 amide bonds. The van der Waals surface area contributed by atoms with Crippen molar-refractivity contribution in [2.24, 2.45) is 17.8 Å². The summed E-state index contributed by atoms with van der Waals surface area (Å²) in [5.41, 5.74) is -1.57. The molecule has 2 aliphatic rings. The molecule has 2 bridgehead atoms. The number of aliphatic carboxylic acids is 3. The topological polar surface area (TPSA) is 112 Å². The summed E-state index contributed by atoms with van der Waals surface area (Å²) in [6.07, 6.45) is 3.73. The Morgan fingerprint density at radius 3 is 1.54 bits per heavy atom. The van der Waals surface area contributed by atoms with E-state index in [-0.39, 0.29) is 5.57 Å². The Hall–Kier alpha value is -2.84. The summed E-state index contributed by atoms with van der Waals surface area (Å²) >= 11 is 0. The number of allylic oxidation sites excluding steroid dienone is 2. The molecule has 3 N–H and O–H groups in total. The first-order chi connectivity index (χ1) is 12.6. The summed E-state index contributed by atoms with van der Waals surface area (Å²) < 4.78 is 33.7. The second-order valence-corrected chi connectivity index (χ2v) is 6.17. The van der Waals surface area contributed by atoms with Crippen LogP contribution in [-0.2, 0) is 14.4 Å². The molecule has 158 valence electrons. The highest BCUT2D eigenvalue weighted by molar-refractivity contribution is 5.87. The van der Waals surface area contributed by atoms with E-state index in [4.69, 9.17) is 15.3 Å². The highest BCUT2D eigenvalue weighted by Crippen LogP contribution is 2.42. The van der Waals surface area contributed by atoms with Crippen molar-refractivity contribution < 1.29 is 42.9 Å². The first-order valence-electron chi connectivity index (χ1n) is 8.05. The zero-order chi connectivity index (χ0) is 22.7. The number of fused-ring (bicyclic) bond motifs is 2. The van der Waals surface area contributed by atoms with Crippen molar-refractivity contribution >= 4 is 17.9 Å². The molecule has 1 fully saturated rings. The minimum atomic E-state index is -4.81. The number of alkyl halides is 3. The van der Waals surface area contributed by atoms with E-state index in [9.17, 15) is 27.6 Å². The number of carboxylic acids is 3. The molecule has 2 rings (SSSR count). The number of rotatable bonds is 3. The highest BCUT2D eigenvalue weighted by Gasteiger charge is 2.36. The van der Waals surface area contributed by atoms with Crippen LogP contribution >= 0.6 is 0 Å². The Morgan fingerprint density at radius 2 is 1.46 bits per heavy atom. The van der Waals surface area contributed by atoms with Gasteiger partial charge in [-0.25, -0.2) is 14.4 Å². The second-order valence-electron chi connectivity index (χ2n) is 6.17. The van der Waals surface area contributed by atoms with Crippen molar-refractivity contribution in [1.29, 1.82) is 0 Å². The second kappa shape index (κ2) is 12.5. The molecule has 3 unspecified atom stereocenters. The van der Waals surface area contributed by atoms with Crippen molar-refractivity contribution in [2.75, 3.05) is 0 Å². The van der Waals surface area contributed by atoms with Gasteiger partial charge in [0.2, 0.25) is 0 Å². The van der Waals surface area contributed by atoms with E-state index in [1.807, 2.05) is 0 Å². The first kappa shape index (κ1) is 27.4. The third-order valence-electron chi connectivity index (χ3n) is 3.75. The maximum absolute atomic E-state index is 11.2. The molecule has 9 heteroatoms. The van der Waals surface area contributed by atoms with Crippen molar-refractivity contribution in [3.05, 3.63) is 49.1 Å². The lowest BCUT2D eigenvalue weighted by Gasteiger charge is -2.09. The number of carboxylic acid groups (broad SMARTS) is 3. The van der Waals surface area contributed by atoms with E-state index in [0.717, 1.165) is 23.8 Å². The lowest BCUT2D eigenvalue weighted by Crippen LogP contribution is -2.18. The van der Waals surface area contributed by atoms with Crippen LogP contribution in [-0.4, -0.2) is 39.4 Å². The lowest BCUT2D eigenvalue weighted by atomic mass is 9.96. The van der Waals surface area contributed by atoms with E-state index in [0.29, 0.717) is 0 Å². The predicted octanol–water partition coefficient (Wildman–Crippen LogP) is 4.31. The normalized spacial score (nSPS) is 20.8. The maximum Gasteiger partial charge on any atom is 0.422 e. The zero-order valence-electron chi connectivity index (χ0n) is 15.7.